The van der Waals surface area contributed by atoms with Crippen molar-refractivity contribution in [1.82, 2.24) is 19.6 Å². The van der Waals surface area contributed by atoms with Gasteiger partial charge in [0.2, 0.25) is 5.91 Å². The molecule has 2 rings (SSSR count). The van der Waals surface area contributed by atoms with Gasteiger partial charge in [-0.05, 0) is 31.9 Å². The molecule has 0 unspecified atom stereocenters. The Morgan fingerprint density at radius 3 is 3.10 bits per heavy atom. The molecule has 1 fully saturated rings. The number of rotatable bonds is 6. The number of hydrogen-bond donors (Lipinski definition) is 0. The Kier molecular flexibility index (Phi) is 5.34. The number of carbonyl (C=O) groups excluding carboxylic acids is 1. The highest BCUT2D eigenvalue weighted by Gasteiger charge is 2.27. The van der Waals surface area contributed by atoms with Gasteiger partial charge in [-0.2, -0.15) is 10.4 Å². The molecular formula is C15H23N5O. The van der Waals surface area contributed by atoms with Gasteiger partial charge in [0.25, 0.3) is 0 Å². The SMILES string of the molecule is Cc1cnn(C[C@H]2CCCN2CC(=O)N(C)CCC#N)c1. The Balaban J connectivity index is 1.87. The van der Waals surface area contributed by atoms with Crippen molar-refractivity contribution in [2.45, 2.75) is 38.8 Å². The van der Waals surface area contributed by atoms with Gasteiger partial charge in [-0.1, -0.05) is 0 Å². The van der Waals surface area contributed by atoms with Gasteiger partial charge in [0, 0.05) is 25.8 Å². The summed E-state index contributed by atoms with van der Waals surface area (Å²) in [5.41, 5.74) is 1.16. The molecule has 6 heteroatoms. The summed E-state index contributed by atoms with van der Waals surface area (Å²) in [7, 11) is 1.77. The zero-order valence-electron chi connectivity index (χ0n) is 12.8. The van der Waals surface area contributed by atoms with Gasteiger partial charge in [0.1, 0.15) is 0 Å². The molecule has 0 bridgehead atoms. The van der Waals surface area contributed by atoms with Crippen LogP contribution < -0.4 is 0 Å². The van der Waals surface area contributed by atoms with Crippen LogP contribution >= 0.6 is 0 Å². The Bertz CT molecular complexity index is 518. The molecule has 0 saturated carbocycles. The minimum atomic E-state index is 0.0915. The molecule has 1 amide bonds. The van der Waals surface area contributed by atoms with Crippen molar-refractivity contribution in [3.63, 3.8) is 0 Å². The predicted molar refractivity (Wildman–Crippen MR) is 79.4 cm³/mol. The van der Waals surface area contributed by atoms with E-state index in [1.54, 1.807) is 11.9 Å². The average molecular weight is 289 g/mol. The molecule has 0 spiro atoms. The summed E-state index contributed by atoms with van der Waals surface area (Å²) in [6.07, 6.45) is 6.52. The van der Waals surface area contributed by atoms with Crippen molar-refractivity contribution in [1.29, 1.82) is 5.26 Å². The molecule has 1 atom stereocenters. The minimum absolute atomic E-state index is 0.0915. The number of aromatic nitrogens is 2. The maximum absolute atomic E-state index is 12.2. The summed E-state index contributed by atoms with van der Waals surface area (Å²) in [5.74, 6) is 0.0915. The van der Waals surface area contributed by atoms with Crippen molar-refractivity contribution in [3.05, 3.63) is 18.0 Å². The lowest BCUT2D eigenvalue weighted by Gasteiger charge is -2.26. The molecule has 21 heavy (non-hydrogen) atoms. The zero-order chi connectivity index (χ0) is 15.2. The highest BCUT2D eigenvalue weighted by molar-refractivity contribution is 5.78. The molecule has 1 saturated heterocycles. The molecule has 114 valence electrons. The number of nitrogens with zero attached hydrogens (tertiary/aromatic N) is 5. The smallest absolute Gasteiger partial charge is 0.236 e. The lowest BCUT2D eigenvalue weighted by molar-refractivity contribution is -0.131. The van der Waals surface area contributed by atoms with E-state index in [0.29, 0.717) is 25.6 Å². The topological polar surface area (TPSA) is 65.2 Å². The van der Waals surface area contributed by atoms with Crippen LogP contribution in [-0.2, 0) is 11.3 Å². The second kappa shape index (κ2) is 7.23. The van der Waals surface area contributed by atoms with Crippen LogP contribution in [0.4, 0.5) is 0 Å². The summed E-state index contributed by atoms with van der Waals surface area (Å²) in [4.78, 5) is 16.0. The number of likely N-dealkylation sites (N-methyl/N-ethyl adjacent to an activating group) is 1. The minimum Gasteiger partial charge on any atom is -0.344 e. The number of likely N-dealkylation sites (tertiary alicyclic amines) is 1. The van der Waals surface area contributed by atoms with Gasteiger partial charge < -0.3 is 4.90 Å². The fraction of sp³-hybridized carbons (Fsp3) is 0.667. The third-order valence-corrected chi connectivity index (χ3v) is 3.98. The van der Waals surface area contributed by atoms with Gasteiger partial charge in [-0.25, -0.2) is 0 Å². The number of amides is 1. The summed E-state index contributed by atoms with van der Waals surface area (Å²) in [6, 6.07) is 2.44. The van der Waals surface area contributed by atoms with E-state index in [4.69, 9.17) is 5.26 Å². The van der Waals surface area contributed by atoms with Crippen molar-refractivity contribution >= 4 is 5.91 Å². The lowest BCUT2D eigenvalue weighted by Crippen LogP contribution is -2.42. The number of hydrogen-bond acceptors (Lipinski definition) is 4. The first-order chi connectivity index (χ1) is 10.1. The van der Waals surface area contributed by atoms with Gasteiger partial charge in [-0.15, -0.1) is 0 Å². The van der Waals surface area contributed by atoms with Gasteiger partial charge in [0.15, 0.2) is 0 Å². The highest BCUT2D eigenvalue weighted by Crippen LogP contribution is 2.18. The van der Waals surface area contributed by atoms with Crippen LogP contribution in [0.2, 0.25) is 0 Å². The molecule has 0 aromatic carbocycles. The first kappa shape index (κ1) is 15.5. The maximum Gasteiger partial charge on any atom is 0.236 e. The van der Waals surface area contributed by atoms with E-state index in [0.717, 1.165) is 31.5 Å². The van der Waals surface area contributed by atoms with Crippen molar-refractivity contribution in [2.75, 3.05) is 26.7 Å². The van der Waals surface area contributed by atoms with Gasteiger partial charge >= 0.3 is 0 Å². The normalized spacial score (nSPS) is 18.6. The molecule has 1 aromatic heterocycles. The Labute approximate surface area is 125 Å². The molecule has 6 nitrogen and oxygen atoms in total. The Morgan fingerprint density at radius 1 is 1.62 bits per heavy atom. The number of nitriles is 1. The van der Waals surface area contributed by atoms with E-state index >= 15 is 0 Å². The monoisotopic (exact) mass is 289 g/mol. The van der Waals surface area contributed by atoms with Crippen molar-refractivity contribution in [3.8, 4) is 6.07 Å². The zero-order valence-corrected chi connectivity index (χ0v) is 12.8. The van der Waals surface area contributed by atoms with E-state index in [2.05, 4.69) is 16.1 Å². The standard InChI is InChI=1S/C15H23N5O/c1-13-9-17-20(10-13)11-14-5-3-8-19(14)12-15(21)18(2)7-4-6-16/h9-10,14H,3-5,7-8,11-12H2,1-2H3/t14-/m1/s1. The third-order valence-electron chi connectivity index (χ3n) is 3.98. The first-order valence-electron chi connectivity index (χ1n) is 7.44. The predicted octanol–water partition coefficient (Wildman–Crippen LogP) is 1.03. The van der Waals surface area contributed by atoms with Gasteiger partial charge in [-0.3, -0.25) is 14.4 Å². The summed E-state index contributed by atoms with van der Waals surface area (Å²) >= 11 is 0. The van der Waals surface area contributed by atoms with E-state index in [1.807, 2.05) is 24.0 Å². The summed E-state index contributed by atoms with van der Waals surface area (Å²) < 4.78 is 1.96. The number of carbonyl (C=O) groups is 1. The molecule has 0 N–H and O–H groups in total. The van der Waals surface area contributed by atoms with Crippen LogP contribution in [0, 0.1) is 18.3 Å². The second-order valence-electron chi connectivity index (χ2n) is 5.73. The molecular weight excluding hydrogens is 266 g/mol. The van der Waals surface area contributed by atoms with Crippen LogP contribution in [0.15, 0.2) is 12.4 Å². The number of aryl methyl sites for hydroxylation is 1. The fourth-order valence-electron chi connectivity index (χ4n) is 2.73. The first-order valence-corrected chi connectivity index (χ1v) is 7.44. The highest BCUT2D eigenvalue weighted by atomic mass is 16.2. The van der Waals surface area contributed by atoms with E-state index in [9.17, 15) is 4.79 Å². The third kappa shape index (κ3) is 4.30. The molecule has 1 aliphatic rings. The second-order valence-corrected chi connectivity index (χ2v) is 5.73. The van der Waals surface area contributed by atoms with Crippen molar-refractivity contribution in [2.24, 2.45) is 0 Å². The molecule has 1 aromatic rings. The Hall–Kier alpha value is -1.87. The largest absolute Gasteiger partial charge is 0.344 e. The fourth-order valence-corrected chi connectivity index (χ4v) is 2.73. The Morgan fingerprint density at radius 2 is 2.43 bits per heavy atom. The van der Waals surface area contributed by atoms with Crippen LogP contribution in [-0.4, -0.2) is 58.2 Å². The molecule has 0 radical (unpaired) electrons. The quantitative estimate of drug-likeness (QED) is 0.784. The maximum atomic E-state index is 12.2. The van der Waals surface area contributed by atoms with Crippen LogP contribution in [0.1, 0.15) is 24.8 Å². The average Bonchev–Trinajstić information content (AvgIpc) is 3.06. The van der Waals surface area contributed by atoms with Crippen LogP contribution in [0.5, 0.6) is 0 Å². The molecule has 1 aliphatic heterocycles. The van der Waals surface area contributed by atoms with E-state index < -0.39 is 0 Å². The summed E-state index contributed by atoms with van der Waals surface area (Å²) in [6.45, 7) is 4.77. The lowest BCUT2D eigenvalue weighted by atomic mass is 10.2. The van der Waals surface area contributed by atoms with Crippen molar-refractivity contribution < 1.29 is 4.79 Å². The van der Waals surface area contributed by atoms with Crippen LogP contribution in [0.25, 0.3) is 0 Å². The van der Waals surface area contributed by atoms with Crippen LogP contribution in [0.3, 0.4) is 0 Å². The molecule has 2 heterocycles. The van der Waals surface area contributed by atoms with Gasteiger partial charge in [0.05, 0.1) is 31.8 Å². The summed E-state index contributed by atoms with van der Waals surface area (Å²) in [5, 5.41) is 12.9. The molecule has 0 aliphatic carbocycles. The van der Waals surface area contributed by atoms with E-state index in [1.165, 1.54) is 0 Å². The van der Waals surface area contributed by atoms with E-state index in [-0.39, 0.29) is 5.91 Å².